The quantitative estimate of drug-likeness (QED) is 0.665. The first-order chi connectivity index (χ1) is 14.0. The van der Waals surface area contributed by atoms with Crippen molar-refractivity contribution in [3.63, 3.8) is 0 Å². The topological polar surface area (TPSA) is 102 Å². The third-order valence-electron chi connectivity index (χ3n) is 4.98. The van der Waals surface area contributed by atoms with E-state index in [4.69, 9.17) is 19.4 Å². The van der Waals surface area contributed by atoms with Crippen molar-refractivity contribution in [2.45, 2.75) is 56.8 Å². The first-order valence-corrected chi connectivity index (χ1v) is 9.32. The first-order valence-electron chi connectivity index (χ1n) is 9.32. The lowest BCUT2D eigenvalue weighted by Crippen LogP contribution is -2.50. The number of nitrogens with one attached hydrogen (secondary N) is 1. The van der Waals surface area contributed by atoms with Crippen molar-refractivity contribution in [1.29, 1.82) is 0 Å². The zero-order chi connectivity index (χ0) is 22.9. The fraction of sp³-hybridized carbons (Fsp3) is 0.550. The number of ether oxygens (including phenoxy) is 2. The molecule has 1 aromatic rings. The van der Waals surface area contributed by atoms with Crippen LogP contribution in [0.15, 0.2) is 24.3 Å². The van der Waals surface area contributed by atoms with Crippen LogP contribution in [-0.2, 0) is 25.5 Å². The maximum atomic E-state index is 12.0. The van der Waals surface area contributed by atoms with Gasteiger partial charge in [-0.05, 0) is 49.8 Å². The number of carbonyl (C=O) groups is 3. The van der Waals surface area contributed by atoms with Crippen molar-refractivity contribution in [3.8, 4) is 0 Å². The number of aliphatic carboxylic acids is 1. The standard InChI is InChI=1S/C18H25NO4.C2HF3O2/c1-4-18(17(21)23-3)12-11-15(19-18)10-7-13-5-8-14(9-6-13)16(20)22-2;3-2(4,5)1(6)7/h5-6,8-9,15,19H,4,7,10-12H2,1-3H3;(H,6,7)/t15-,18+;/m0./s1. The van der Waals surface area contributed by atoms with E-state index in [1.54, 1.807) is 12.1 Å². The van der Waals surface area contributed by atoms with E-state index in [0.29, 0.717) is 11.6 Å². The number of carboxylic acids is 1. The molecule has 1 fully saturated rings. The van der Waals surface area contributed by atoms with Gasteiger partial charge in [0.25, 0.3) is 0 Å². The van der Waals surface area contributed by atoms with Gasteiger partial charge in [-0.15, -0.1) is 0 Å². The Kier molecular flexibility index (Phi) is 9.28. The van der Waals surface area contributed by atoms with E-state index in [2.05, 4.69) is 5.32 Å². The van der Waals surface area contributed by atoms with Gasteiger partial charge in [0.1, 0.15) is 5.54 Å². The Labute approximate surface area is 172 Å². The molecule has 0 bridgehead atoms. The molecule has 0 radical (unpaired) electrons. The van der Waals surface area contributed by atoms with Gasteiger partial charge >= 0.3 is 24.1 Å². The molecule has 1 aliphatic rings. The number of hydrogen-bond acceptors (Lipinski definition) is 6. The number of benzene rings is 1. The van der Waals surface area contributed by atoms with E-state index in [1.807, 2.05) is 19.1 Å². The van der Waals surface area contributed by atoms with E-state index in [9.17, 15) is 22.8 Å². The van der Waals surface area contributed by atoms with Crippen LogP contribution in [0.4, 0.5) is 13.2 Å². The fourth-order valence-electron chi connectivity index (χ4n) is 3.22. The summed E-state index contributed by atoms with van der Waals surface area (Å²) in [6.07, 6.45) is -0.689. The van der Waals surface area contributed by atoms with Gasteiger partial charge in [-0.2, -0.15) is 13.2 Å². The largest absolute Gasteiger partial charge is 0.490 e. The molecule has 0 amide bonds. The Balaban J connectivity index is 0.000000553. The highest BCUT2D eigenvalue weighted by molar-refractivity contribution is 5.89. The molecule has 0 aliphatic carbocycles. The molecule has 30 heavy (non-hydrogen) atoms. The van der Waals surface area contributed by atoms with E-state index < -0.39 is 17.7 Å². The zero-order valence-electron chi connectivity index (χ0n) is 17.0. The minimum Gasteiger partial charge on any atom is -0.475 e. The van der Waals surface area contributed by atoms with Gasteiger partial charge in [-0.25, -0.2) is 9.59 Å². The van der Waals surface area contributed by atoms with Crippen molar-refractivity contribution in [3.05, 3.63) is 35.4 Å². The van der Waals surface area contributed by atoms with E-state index in [0.717, 1.165) is 32.1 Å². The molecular weight excluding hydrogens is 407 g/mol. The van der Waals surface area contributed by atoms with Crippen molar-refractivity contribution < 1.29 is 42.1 Å². The SMILES string of the molecule is CC[C@]1(C(=O)OC)CC[C@H](CCc2ccc(C(=O)OC)cc2)N1.O=C(O)C(F)(F)F. The number of methoxy groups -OCH3 is 2. The van der Waals surface area contributed by atoms with Crippen LogP contribution in [0.25, 0.3) is 0 Å². The van der Waals surface area contributed by atoms with Crippen LogP contribution in [0.1, 0.15) is 48.5 Å². The van der Waals surface area contributed by atoms with Gasteiger partial charge in [-0.1, -0.05) is 19.1 Å². The Bertz CT molecular complexity index is 735. The maximum Gasteiger partial charge on any atom is 0.490 e. The summed E-state index contributed by atoms with van der Waals surface area (Å²) < 4.78 is 41.4. The Morgan fingerprint density at radius 1 is 1.17 bits per heavy atom. The molecular formula is C20H26F3NO6. The molecule has 1 aliphatic heterocycles. The van der Waals surface area contributed by atoms with Gasteiger partial charge in [0.2, 0.25) is 0 Å². The van der Waals surface area contributed by atoms with Gasteiger partial charge in [-0.3, -0.25) is 10.1 Å². The number of hydrogen-bond donors (Lipinski definition) is 2. The smallest absolute Gasteiger partial charge is 0.475 e. The number of rotatable bonds is 6. The lowest BCUT2D eigenvalue weighted by molar-refractivity contribution is -0.192. The van der Waals surface area contributed by atoms with Crippen LogP contribution in [0.2, 0.25) is 0 Å². The predicted octanol–water partition coefficient (Wildman–Crippen LogP) is 3.11. The first kappa shape index (κ1) is 25.4. The van der Waals surface area contributed by atoms with Gasteiger partial charge < -0.3 is 14.6 Å². The molecule has 1 aromatic carbocycles. The molecule has 2 atom stereocenters. The van der Waals surface area contributed by atoms with Crippen LogP contribution in [0, 0.1) is 0 Å². The molecule has 1 saturated heterocycles. The molecule has 0 unspecified atom stereocenters. The summed E-state index contributed by atoms with van der Waals surface area (Å²) in [4.78, 5) is 32.3. The molecule has 2 rings (SSSR count). The maximum absolute atomic E-state index is 12.0. The number of aryl methyl sites for hydroxylation is 1. The van der Waals surface area contributed by atoms with E-state index in [1.165, 1.54) is 19.8 Å². The Morgan fingerprint density at radius 3 is 2.17 bits per heavy atom. The molecule has 168 valence electrons. The number of esters is 2. The number of carbonyl (C=O) groups excluding carboxylic acids is 2. The van der Waals surface area contributed by atoms with Crippen molar-refractivity contribution in [2.75, 3.05) is 14.2 Å². The minimum absolute atomic E-state index is 0.162. The van der Waals surface area contributed by atoms with Crippen LogP contribution in [-0.4, -0.2) is 55.0 Å². The van der Waals surface area contributed by atoms with Crippen molar-refractivity contribution in [2.24, 2.45) is 0 Å². The number of halogens is 3. The normalized spacial score (nSPS) is 20.7. The number of carboxylic acid groups (broad SMARTS) is 1. The summed E-state index contributed by atoms with van der Waals surface area (Å²) in [5.74, 6) is -3.24. The summed E-state index contributed by atoms with van der Waals surface area (Å²) in [7, 11) is 2.82. The predicted molar refractivity (Wildman–Crippen MR) is 101 cm³/mol. The average molecular weight is 433 g/mol. The minimum atomic E-state index is -5.08. The lowest BCUT2D eigenvalue weighted by atomic mass is 9.94. The van der Waals surface area contributed by atoms with E-state index in [-0.39, 0.29) is 11.9 Å². The molecule has 7 nitrogen and oxygen atoms in total. The summed E-state index contributed by atoms with van der Waals surface area (Å²) in [5, 5.41) is 10.6. The molecule has 2 N–H and O–H groups in total. The van der Waals surface area contributed by atoms with Gasteiger partial charge in [0.05, 0.1) is 19.8 Å². The molecule has 10 heteroatoms. The monoisotopic (exact) mass is 433 g/mol. The van der Waals surface area contributed by atoms with Crippen LogP contribution in [0.5, 0.6) is 0 Å². The van der Waals surface area contributed by atoms with E-state index >= 15 is 0 Å². The average Bonchev–Trinajstić information content (AvgIpc) is 3.16. The van der Waals surface area contributed by atoms with Crippen LogP contribution < -0.4 is 5.32 Å². The zero-order valence-corrected chi connectivity index (χ0v) is 17.0. The van der Waals surface area contributed by atoms with Crippen molar-refractivity contribution >= 4 is 17.9 Å². The van der Waals surface area contributed by atoms with Gasteiger partial charge in [0, 0.05) is 6.04 Å². The highest BCUT2D eigenvalue weighted by atomic mass is 19.4. The second kappa shape index (κ2) is 11.0. The van der Waals surface area contributed by atoms with Gasteiger partial charge in [0.15, 0.2) is 0 Å². The number of alkyl halides is 3. The Morgan fingerprint density at radius 2 is 1.73 bits per heavy atom. The van der Waals surface area contributed by atoms with Crippen LogP contribution >= 0.6 is 0 Å². The summed E-state index contributed by atoms with van der Waals surface area (Å²) in [6, 6.07) is 7.79. The highest BCUT2D eigenvalue weighted by Gasteiger charge is 2.44. The lowest BCUT2D eigenvalue weighted by Gasteiger charge is -2.26. The fourth-order valence-corrected chi connectivity index (χ4v) is 3.22. The summed E-state index contributed by atoms with van der Waals surface area (Å²) >= 11 is 0. The Hall–Kier alpha value is -2.62. The summed E-state index contributed by atoms with van der Waals surface area (Å²) in [6.45, 7) is 2.01. The molecule has 0 aromatic heterocycles. The highest BCUT2D eigenvalue weighted by Crippen LogP contribution is 2.29. The third-order valence-corrected chi connectivity index (χ3v) is 4.98. The second-order valence-corrected chi connectivity index (χ2v) is 6.84. The molecule has 0 spiro atoms. The second-order valence-electron chi connectivity index (χ2n) is 6.84. The van der Waals surface area contributed by atoms with Crippen LogP contribution in [0.3, 0.4) is 0 Å². The van der Waals surface area contributed by atoms with Crippen molar-refractivity contribution in [1.82, 2.24) is 5.32 Å². The molecule has 0 saturated carbocycles. The third kappa shape index (κ3) is 7.01. The summed E-state index contributed by atoms with van der Waals surface area (Å²) in [5.41, 5.74) is 1.21. The molecule has 1 heterocycles.